The Kier molecular flexibility index (Phi) is 2.83. The van der Waals surface area contributed by atoms with Crippen LogP contribution >= 0.6 is 11.6 Å². The Morgan fingerprint density at radius 1 is 1.62 bits per heavy atom. The zero-order chi connectivity index (χ0) is 9.84. The first-order chi connectivity index (χ1) is 6.15. The summed E-state index contributed by atoms with van der Waals surface area (Å²) < 4.78 is 13.0. The molecule has 1 N–H and O–H groups in total. The Hall–Kier alpha value is -1.60. The van der Waals surface area contributed by atoms with Crippen molar-refractivity contribution in [2.45, 2.75) is 0 Å². The van der Waals surface area contributed by atoms with Gasteiger partial charge in [-0.05, 0) is 18.2 Å². The van der Waals surface area contributed by atoms with Gasteiger partial charge in [-0.15, -0.1) is 0 Å². The van der Waals surface area contributed by atoms with E-state index in [-0.39, 0.29) is 10.6 Å². The summed E-state index contributed by atoms with van der Waals surface area (Å²) in [4.78, 5) is 11.0. The van der Waals surface area contributed by atoms with Gasteiger partial charge in [0.25, 0.3) is 5.91 Å². The monoisotopic (exact) mass is 198 g/mol. The van der Waals surface area contributed by atoms with Crippen LogP contribution in [0.3, 0.4) is 0 Å². The number of nitrogens with zero attached hydrogens (tertiary/aromatic N) is 1. The highest BCUT2D eigenvalue weighted by Crippen LogP contribution is 2.14. The Morgan fingerprint density at radius 2 is 2.31 bits per heavy atom. The normalized spacial score (nSPS) is 9.00. The first-order valence-corrected chi connectivity index (χ1v) is 3.67. The number of halogens is 2. The molecule has 0 fully saturated rings. The maximum atomic E-state index is 13.0. The fourth-order valence-electron chi connectivity index (χ4n) is 0.792. The van der Waals surface area contributed by atoms with Crippen molar-refractivity contribution in [3.05, 3.63) is 34.6 Å². The van der Waals surface area contributed by atoms with E-state index in [9.17, 15) is 9.18 Å². The second kappa shape index (κ2) is 3.87. The molecule has 1 aromatic rings. The molecule has 1 amide bonds. The summed E-state index contributed by atoms with van der Waals surface area (Å²) in [5.41, 5.74) is -0.203. The molecule has 1 aromatic carbocycles. The molecule has 0 aliphatic carbocycles. The lowest BCUT2D eigenvalue weighted by Gasteiger charge is -1.99. The molecule has 0 saturated carbocycles. The number of carbonyl (C=O) groups is 1. The predicted molar refractivity (Wildman–Crippen MR) is 44.5 cm³/mol. The van der Waals surface area contributed by atoms with Gasteiger partial charge in [0.2, 0.25) is 0 Å². The highest BCUT2D eigenvalue weighted by atomic mass is 35.5. The molecule has 0 heterocycles. The van der Waals surface area contributed by atoms with E-state index in [0.717, 1.165) is 6.07 Å². The lowest BCUT2D eigenvalue weighted by molar-refractivity contribution is 0.0969. The zero-order valence-electron chi connectivity index (χ0n) is 6.34. The fraction of sp³-hybridized carbons (Fsp3) is 0. The molecule has 66 valence electrons. The van der Waals surface area contributed by atoms with E-state index in [1.807, 2.05) is 0 Å². The van der Waals surface area contributed by atoms with Crippen molar-refractivity contribution in [3.8, 4) is 6.19 Å². The average Bonchev–Trinajstić information content (AvgIpc) is 2.04. The van der Waals surface area contributed by atoms with Crippen molar-refractivity contribution in [2.75, 3.05) is 0 Å². The Balaban J connectivity index is 3.03. The molecule has 0 aromatic heterocycles. The van der Waals surface area contributed by atoms with E-state index in [4.69, 9.17) is 16.9 Å². The summed E-state index contributed by atoms with van der Waals surface area (Å²) in [6.45, 7) is 0. The third-order valence-electron chi connectivity index (χ3n) is 1.35. The molecular formula is C8H4ClFN2O. The second-order valence-electron chi connectivity index (χ2n) is 2.19. The van der Waals surface area contributed by atoms with Crippen LogP contribution in [-0.2, 0) is 0 Å². The maximum Gasteiger partial charge on any atom is 0.267 e. The topological polar surface area (TPSA) is 52.9 Å². The molecular weight excluding hydrogens is 195 g/mol. The highest BCUT2D eigenvalue weighted by molar-refractivity contribution is 6.30. The number of hydrogen-bond donors (Lipinski definition) is 1. The first-order valence-electron chi connectivity index (χ1n) is 3.29. The van der Waals surface area contributed by atoms with Crippen molar-refractivity contribution in [1.82, 2.24) is 5.32 Å². The lowest BCUT2D eigenvalue weighted by Crippen LogP contribution is -2.18. The van der Waals surface area contributed by atoms with Gasteiger partial charge in [-0.25, -0.2) is 4.39 Å². The number of nitriles is 1. The van der Waals surface area contributed by atoms with Crippen molar-refractivity contribution < 1.29 is 9.18 Å². The summed E-state index contributed by atoms with van der Waals surface area (Å²) in [5, 5.41) is 10.1. The molecule has 0 saturated heterocycles. The second-order valence-corrected chi connectivity index (χ2v) is 2.63. The molecule has 0 radical (unpaired) electrons. The SMILES string of the molecule is N#CNC(=O)c1ccc(Cl)cc1F. The third kappa shape index (κ3) is 2.17. The predicted octanol–water partition coefficient (Wildman–Crippen LogP) is 1.69. The van der Waals surface area contributed by atoms with Crippen LogP contribution < -0.4 is 5.32 Å². The van der Waals surface area contributed by atoms with Crippen LogP contribution in [0.25, 0.3) is 0 Å². The number of carbonyl (C=O) groups excluding carboxylic acids is 1. The van der Waals surface area contributed by atoms with Crippen LogP contribution in [0.2, 0.25) is 5.02 Å². The molecule has 0 bridgehead atoms. The Labute approximate surface area is 78.7 Å². The molecule has 0 aliphatic rings. The van der Waals surface area contributed by atoms with E-state index >= 15 is 0 Å². The quantitative estimate of drug-likeness (QED) is 0.552. The van der Waals surface area contributed by atoms with Gasteiger partial charge in [-0.1, -0.05) is 11.6 Å². The minimum absolute atomic E-state index is 0.200. The first kappa shape index (κ1) is 9.49. The number of rotatable bonds is 1. The van der Waals surface area contributed by atoms with Crippen LogP contribution in [0.5, 0.6) is 0 Å². The van der Waals surface area contributed by atoms with Gasteiger partial charge in [0.15, 0.2) is 6.19 Å². The molecule has 1 rings (SSSR count). The number of hydrogen-bond acceptors (Lipinski definition) is 2. The van der Waals surface area contributed by atoms with E-state index < -0.39 is 11.7 Å². The molecule has 0 aliphatic heterocycles. The number of amides is 1. The Bertz CT molecular complexity index is 386. The van der Waals surface area contributed by atoms with Gasteiger partial charge in [0, 0.05) is 5.02 Å². The summed E-state index contributed by atoms with van der Waals surface area (Å²) in [6.07, 6.45) is 1.41. The van der Waals surface area contributed by atoms with Gasteiger partial charge >= 0.3 is 0 Å². The van der Waals surface area contributed by atoms with E-state index in [1.54, 1.807) is 5.32 Å². The van der Waals surface area contributed by atoms with Gasteiger partial charge < -0.3 is 0 Å². The van der Waals surface area contributed by atoms with Crippen LogP contribution in [0.1, 0.15) is 10.4 Å². The van der Waals surface area contributed by atoms with E-state index in [1.165, 1.54) is 18.3 Å². The van der Waals surface area contributed by atoms with Gasteiger partial charge in [-0.2, -0.15) is 5.26 Å². The summed E-state index contributed by atoms with van der Waals surface area (Å²) in [7, 11) is 0. The van der Waals surface area contributed by atoms with Gasteiger partial charge in [0.05, 0.1) is 5.56 Å². The standard InChI is InChI=1S/C8H4ClFN2O/c9-5-1-2-6(7(10)3-5)8(13)12-4-11/h1-3H,(H,12,13). The zero-order valence-corrected chi connectivity index (χ0v) is 7.10. The molecule has 0 atom stereocenters. The summed E-state index contributed by atoms with van der Waals surface area (Å²) in [6, 6.07) is 3.59. The maximum absolute atomic E-state index is 13.0. The van der Waals surface area contributed by atoms with Gasteiger partial charge in [0.1, 0.15) is 5.82 Å². The largest absolute Gasteiger partial charge is 0.268 e. The van der Waals surface area contributed by atoms with Crippen molar-refractivity contribution in [3.63, 3.8) is 0 Å². The van der Waals surface area contributed by atoms with Gasteiger partial charge in [-0.3, -0.25) is 10.1 Å². The van der Waals surface area contributed by atoms with Crippen LogP contribution in [0, 0.1) is 17.3 Å². The molecule has 0 spiro atoms. The Morgan fingerprint density at radius 3 is 2.85 bits per heavy atom. The molecule has 5 heteroatoms. The van der Waals surface area contributed by atoms with Crippen LogP contribution in [0.15, 0.2) is 18.2 Å². The lowest BCUT2D eigenvalue weighted by atomic mass is 10.2. The summed E-state index contributed by atoms with van der Waals surface area (Å²) >= 11 is 5.46. The van der Waals surface area contributed by atoms with Crippen molar-refractivity contribution in [2.24, 2.45) is 0 Å². The minimum Gasteiger partial charge on any atom is -0.268 e. The molecule has 13 heavy (non-hydrogen) atoms. The smallest absolute Gasteiger partial charge is 0.267 e. The van der Waals surface area contributed by atoms with Crippen LogP contribution in [-0.4, -0.2) is 5.91 Å². The average molecular weight is 199 g/mol. The third-order valence-corrected chi connectivity index (χ3v) is 1.58. The summed E-state index contributed by atoms with van der Waals surface area (Å²) in [5.74, 6) is -1.53. The van der Waals surface area contributed by atoms with Crippen LogP contribution in [0.4, 0.5) is 4.39 Å². The number of nitrogens with one attached hydrogen (secondary N) is 1. The van der Waals surface area contributed by atoms with E-state index in [0.29, 0.717) is 0 Å². The number of benzene rings is 1. The minimum atomic E-state index is -0.781. The van der Waals surface area contributed by atoms with Crippen molar-refractivity contribution in [1.29, 1.82) is 5.26 Å². The fourth-order valence-corrected chi connectivity index (χ4v) is 0.951. The molecule has 0 unspecified atom stereocenters. The molecule has 3 nitrogen and oxygen atoms in total. The van der Waals surface area contributed by atoms with E-state index in [2.05, 4.69) is 0 Å². The highest BCUT2D eigenvalue weighted by Gasteiger charge is 2.10. The van der Waals surface area contributed by atoms with Crippen molar-refractivity contribution >= 4 is 17.5 Å².